The maximum atomic E-state index is 11.1. The van der Waals surface area contributed by atoms with E-state index in [1.807, 2.05) is 25.1 Å². The number of rotatable bonds is 7. The van der Waals surface area contributed by atoms with Gasteiger partial charge in [0.05, 0.1) is 12.8 Å². The Morgan fingerprint density at radius 2 is 1.96 bits per heavy atom. The van der Waals surface area contributed by atoms with Crippen LogP contribution in [0.2, 0.25) is 5.02 Å². The second kappa shape index (κ2) is 12.1. The number of halogens is 2. The number of piperazine rings is 1. The molecule has 0 aliphatic carbocycles. The lowest BCUT2D eigenvalue weighted by atomic mass is 10.2. The topological polar surface area (TPSA) is 77.0 Å². The van der Waals surface area contributed by atoms with Gasteiger partial charge in [0, 0.05) is 50.8 Å². The van der Waals surface area contributed by atoms with Crippen LogP contribution in [-0.2, 0) is 16.6 Å². The molecule has 0 spiro atoms. The Hall–Kier alpha value is -0.620. The van der Waals surface area contributed by atoms with Crippen molar-refractivity contribution >= 4 is 51.6 Å². The highest BCUT2D eigenvalue weighted by molar-refractivity contribution is 14.0. The highest BCUT2D eigenvalue weighted by Crippen LogP contribution is 2.14. The van der Waals surface area contributed by atoms with Crippen LogP contribution in [0.3, 0.4) is 0 Å². The highest BCUT2D eigenvalue weighted by atomic mass is 127. The molecule has 7 nitrogen and oxygen atoms in total. The SMILES string of the molecule is CCNC(=NCCNS(C)(=O)=O)N1CCN(Cc2cccc(Cl)c2)CC1.I. The fourth-order valence-corrected chi connectivity index (χ4v) is 3.50. The molecule has 0 radical (unpaired) electrons. The average Bonchev–Trinajstić information content (AvgIpc) is 2.58. The Kier molecular flexibility index (Phi) is 10.9. The summed E-state index contributed by atoms with van der Waals surface area (Å²) in [5, 5.41) is 4.05. The summed E-state index contributed by atoms with van der Waals surface area (Å²) in [6.07, 6.45) is 1.15. The Morgan fingerprint density at radius 3 is 2.56 bits per heavy atom. The summed E-state index contributed by atoms with van der Waals surface area (Å²) in [6, 6.07) is 7.97. The van der Waals surface area contributed by atoms with Gasteiger partial charge in [-0.05, 0) is 24.6 Å². The molecule has 2 rings (SSSR count). The summed E-state index contributed by atoms with van der Waals surface area (Å²) in [6.45, 7) is 8.07. The highest BCUT2D eigenvalue weighted by Gasteiger charge is 2.19. The van der Waals surface area contributed by atoms with Gasteiger partial charge in [0.15, 0.2) is 5.96 Å². The number of sulfonamides is 1. The summed E-state index contributed by atoms with van der Waals surface area (Å²) in [7, 11) is -3.17. The predicted molar refractivity (Wildman–Crippen MR) is 123 cm³/mol. The van der Waals surface area contributed by atoms with Crippen LogP contribution < -0.4 is 10.0 Å². The minimum absolute atomic E-state index is 0. The number of nitrogens with zero attached hydrogens (tertiary/aromatic N) is 3. The molecular formula is C17H29ClIN5O2S. The Labute approximate surface area is 184 Å². The first-order valence-corrected chi connectivity index (χ1v) is 11.1. The third-order valence-corrected chi connectivity index (χ3v) is 5.00. The van der Waals surface area contributed by atoms with Gasteiger partial charge in [0.25, 0.3) is 0 Å². The van der Waals surface area contributed by atoms with Gasteiger partial charge >= 0.3 is 0 Å². The molecule has 1 fully saturated rings. The van der Waals surface area contributed by atoms with Crippen molar-refractivity contribution in [2.45, 2.75) is 13.5 Å². The molecular weight excluding hydrogens is 501 g/mol. The van der Waals surface area contributed by atoms with Gasteiger partial charge < -0.3 is 10.2 Å². The molecule has 10 heteroatoms. The van der Waals surface area contributed by atoms with E-state index >= 15 is 0 Å². The van der Waals surface area contributed by atoms with Crippen LogP contribution in [0.25, 0.3) is 0 Å². The molecule has 0 bridgehead atoms. The van der Waals surface area contributed by atoms with Crippen molar-refractivity contribution in [1.82, 2.24) is 19.8 Å². The van der Waals surface area contributed by atoms with Crippen LogP contribution in [0.5, 0.6) is 0 Å². The Bertz CT molecular complexity index is 709. The van der Waals surface area contributed by atoms with Crippen LogP contribution in [0.4, 0.5) is 0 Å². The van der Waals surface area contributed by atoms with E-state index in [2.05, 4.69) is 30.9 Å². The van der Waals surface area contributed by atoms with Crippen LogP contribution in [0.1, 0.15) is 12.5 Å². The normalized spacial score (nSPS) is 16.1. The maximum Gasteiger partial charge on any atom is 0.208 e. The second-order valence-corrected chi connectivity index (χ2v) is 8.56. The summed E-state index contributed by atoms with van der Waals surface area (Å²) >= 11 is 6.06. The zero-order valence-electron chi connectivity index (χ0n) is 15.8. The zero-order valence-corrected chi connectivity index (χ0v) is 19.7. The van der Waals surface area contributed by atoms with Crippen molar-refractivity contribution in [3.8, 4) is 0 Å². The first-order chi connectivity index (χ1) is 12.4. The summed E-state index contributed by atoms with van der Waals surface area (Å²) < 4.78 is 24.7. The van der Waals surface area contributed by atoms with E-state index in [1.54, 1.807) is 0 Å². The lowest BCUT2D eigenvalue weighted by Gasteiger charge is -2.36. The van der Waals surface area contributed by atoms with Crippen molar-refractivity contribution in [3.63, 3.8) is 0 Å². The van der Waals surface area contributed by atoms with Crippen molar-refractivity contribution in [2.24, 2.45) is 4.99 Å². The van der Waals surface area contributed by atoms with E-state index in [9.17, 15) is 8.42 Å². The molecule has 0 unspecified atom stereocenters. The summed E-state index contributed by atoms with van der Waals surface area (Å²) in [5.74, 6) is 0.838. The Morgan fingerprint density at radius 1 is 1.26 bits per heavy atom. The third kappa shape index (κ3) is 9.42. The van der Waals surface area contributed by atoms with Gasteiger partial charge in [0.1, 0.15) is 0 Å². The Balaban J connectivity index is 0.00000364. The summed E-state index contributed by atoms with van der Waals surface area (Å²) in [4.78, 5) is 9.15. The van der Waals surface area contributed by atoms with Crippen molar-refractivity contribution in [3.05, 3.63) is 34.9 Å². The molecule has 1 aliphatic heterocycles. The molecule has 154 valence electrons. The first kappa shape index (κ1) is 24.4. The van der Waals surface area contributed by atoms with Crippen LogP contribution in [0.15, 0.2) is 29.3 Å². The van der Waals surface area contributed by atoms with Gasteiger partial charge in [-0.3, -0.25) is 9.89 Å². The minimum atomic E-state index is -3.17. The molecule has 0 saturated carbocycles. The van der Waals surface area contributed by atoms with Gasteiger partial charge in [0.2, 0.25) is 10.0 Å². The summed E-state index contributed by atoms with van der Waals surface area (Å²) in [5.41, 5.74) is 1.22. The van der Waals surface area contributed by atoms with Crippen molar-refractivity contribution in [2.75, 3.05) is 52.1 Å². The number of guanidine groups is 1. The van der Waals surface area contributed by atoms with Gasteiger partial charge in [-0.15, -0.1) is 24.0 Å². The monoisotopic (exact) mass is 529 g/mol. The molecule has 0 atom stereocenters. The molecule has 1 aliphatic rings. The number of benzene rings is 1. The van der Waals surface area contributed by atoms with Crippen LogP contribution in [0, 0.1) is 0 Å². The van der Waals surface area contributed by atoms with E-state index in [1.165, 1.54) is 5.56 Å². The van der Waals surface area contributed by atoms with Gasteiger partial charge in [-0.2, -0.15) is 0 Å². The third-order valence-electron chi connectivity index (χ3n) is 4.04. The number of hydrogen-bond acceptors (Lipinski definition) is 4. The largest absolute Gasteiger partial charge is 0.357 e. The van der Waals surface area contributed by atoms with E-state index in [-0.39, 0.29) is 24.0 Å². The first-order valence-electron chi connectivity index (χ1n) is 8.82. The molecule has 0 amide bonds. The van der Waals surface area contributed by atoms with Crippen LogP contribution in [-0.4, -0.2) is 76.2 Å². The molecule has 0 aromatic heterocycles. The molecule has 2 N–H and O–H groups in total. The smallest absolute Gasteiger partial charge is 0.208 e. The molecule has 27 heavy (non-hydrogen) atoms. The van der Waals surface area contributed by atoms with E-state index < -0.39 is 10.0 Å². The van der Waals surface area contributed by atoms with Crippen molar-refractivity contribution in [1.29, 1.82) is 0 Å². The average molecular weight is 530 g/mol. The second-order valence-electron chi connectivity index (χ2n) is 6.30. The number of hydrogen-bond donors (Lipinski definition) is 2. The van der Waals surface area contributed by atoms with Gasteiger partial charge in [-0.1, -0.05) is 23.7 Å². The number of aliphatic imine (C=N–C) groups is 1. The lowest BCUT2D eigenvalue weighted by Crippen LogP contribution is -2.52. The van der Waals surface area contributed by atoms with Gasteiger partial charge in [-0.25, -0.2) is 13.1 Å². The predicted octanol–water partition coefficient (Wildman–Crippen LogP) is 1.59. The molecule has 1 heterocycles. The fourth-order valence-electron chi connectivity index (χ4n) is 2.83. The van der Waals surface area contributed by atoms with E-state index in [4.69, 9.17) is 11.6 Å². The van der Waals surface area contributed by atoms with Crippen molar-refractivity contribution < 1.29 is 8.42 Å². The van der Waals surface area contributed by atoms with Crippen LogP contribution >= 0.6 is 35.6 Å². The quantitative estimate of drug-likeness (QED) is 0.243. The standard InChI is InChI=1S/C17H28ClN5O2S.HI/c1-3-19-17(20-7-8-21-26(2,24)25)23-11-9-22(10-12-23)14-15-5-4-6-16(18)13-15;/h4-6,13,21H,3,7-12,14H2,1-2H3,(H,19,20);1H. The molecule has 1 aromatic carbocycles. The fraction of sp³-hybridized carbons (Fsp3) is 0.588. The zero-order chi connectivity index (χ0) is 19.0. The van der Waals surface area contributed by atoms with E-state index in [0.717, 1.165) is 56.5 Å². The minimum Gasteiger partial charge on any atom is -0.357 e. The number of nitrogens with one attached hydrogen (secondary N) is 2. The lowest BCUT2D eigenvalue weighted by molar-refractivity contribution is 0.172. The molecule has 1 saturated heterocycles. The maximum absolute atomic E-state index is 11.1. The molecule has 1 aromatic rings. The van der Waals surface area contributed by atoms with E-state index in [0.29, 0.717) is 13.1 Å².